The molecule has 154 valence electrons. The zero-order valence-electron chi connectivity index (χ0n) is 16.3. The van der Waals surface area contributed by atoms with E-state index in [2.05, 4.69) is 25.3 Å². The average Bonchev–Trinajstić information content (AvgIpc) is 3.25. The highest BCUT2D eigenvalue weighted by Crippen LogP contribution is 2.26. The molecule has 2 aromatic carbocycles. The van der Waals surface area contributed by atoms with Crippen molar-refractivity contribution in [2.45, 2.75) is 13.0 Å². The highest BCUT2D eigenvalue weighted by atomic mass is 19.1. The highest BCUT2D eigenvalue weighted by molar-refractivity contribution is 5.84. The first kappa shape index (κ1) is 18.9. The van der Waals surface area contributed by atoms with Crippen LogP contribution >= 0.6 is 0 Å². The Morgan fingerprint density at radius 1 is 1.00 bits per heavy atom. The number of hydrogen-bond acceptors (Lipinski definition) is 5. The van der Waals surface area contributed by atoms with Gasteiger partial charge in [-0.2, -0.15) is 0 Å². The molecule has 0 unspecified atom stereocenters. The fourth-order valence-electron chi connectivity index (χ4n) is 3.63. The van der Waals surface area contributed by atoms with Gasteiger partial charge in [0.15, 0.2) is 11.5 Å². The van der Waals surface area contributed by atoms with Crippen molar-refractivity contribution in [1.82, 2.24) is 24.5 Å². The van der Waals surface area contributed by atoms with E-state index in [0.717, 1.165) is 0 Å². The highest BCUT2D eigenvalue weighted by Gasteiger charge is 2.18. The van der Waals surface area contributed by atoms with Crippen LogP contribution in [-0.4, -0.2) is 24.5 Å². The fraction of sp³-hybridized carbons (Fsp3) is 0.0909. The predicted octanol–water partition coefficient (Wildman–Crippen LogP) is 4.11. The fourth-order valence-corrected chi connectivity index (χ4v) is 3.63. The van der Waals surface area contributed by atoms with E-state index in [1.165, 1.54) is 53.6 Å². The van der Waals surface area contributed by atoms with E-state index in [1.54, 1.807) is 12.1 Å². The van der Waals surface area contributed by atoms with Gasteiger partial charge >= 0.3 is 0 Å². The largest absolute Gasteiger partial charge is 0.360 e. The second-order valence-electron chi connectivity index (χ2n) is 7.11. The first-order valence-corrected chi connectivity index (χ1v) is 9.53. The molecule has 0 aliphatic rings. The van der Waals surface area contributed by atoms with Gasteiger partial charge in [-0.3, -0.25) is 9.36 Å². The Morgan fingerprint density at radius 2 is 1.77 bits per heavy atom. The molecule has 0 aliphatic carbocycles. The molecule has 0 saturated carbocycles. The number of pyridine rings is 1. The summed E-state index contributed by atoms with van der Waals surface area (Å²) in [7, 11) is 0. The van der Waals surface area contributed by atoms with Gasteiger partial charge in [-0.05, 0) is 54.8 Å². The van der Waals surface area contributed by atoms with E-state index in [9.17, 15) is 13.6 Å². The van der Waals surface area contributed by atoms with E-state index >= 15 is 0 Å². The second-order valence-corrected chi connectivity index (χ2v) is 7.11. The van der Waals surface area contributed by atoms with Crippen molar-refractivity contribution in [3.05, 3.63) is 88.9 Å². The van der Waals surface area contributed by atoms with Gasteiger partial charge < -0.3 is 10.3 Å². The van der Waals surface area contributed by atoms with E-state index in [1.807, 2.05) is 6.92 Å². The molecule has 0 fully saturated rings. The van der Waals surface area contributed by atoms with E-state index in [0.29, 0.717) is 33.7 Å². The number of H-pyrrole nitrogens is 1. The lowest BCUT2D eigenvalue weighted by Gasteiger charge is -2.21. The van der Waals surface area contributed by atoms with Crippen LogP contribution in [0, 0.1) is 11.6 Å². The molecule has 7 nitrogen and oxygen atoms in total. The van der Waals surface area contributed by atoms with Crippen molar-refractivity contribution in [3.8, 4) is 5.69 Å². The monoisotopic (exact) mass is 418 g/mol. The van der Waals surface area contributed by atoms with Gasteiger partial charge in [0.1, 0.15) is 23.5 Å². The summed E-state index contributed by atoms with van der Waals surface area (Å²) in [6.45, 7) is 1.87. The topological polar surface area (TPSA) is 88.5 Å². The Morgan fingerprint density at radius 3 is 2.58 bits per heavy atom. The van der Waals surface area contributed by atoms with E-state index in [-0.39, 0.29) is 5.39 Å². The number of benzene rings is 2. The van der Waals surface area contributed by atoms with Crippen LogP contribution in [0.5, 0.6) is 0 Å². The standard InChI is InChI=1S/C22H16F2N6O/c1-12(29-21-19-20(26-10-25-19)27-11-28-21)18-8-13-2-3-15(24)9-17(13)22(31)30(18)16-6-4-14(23)5-7-16/h2-12H,1H3,(H2,25,26,27,28,29)/t12-/m1/s1. The summed E-state index contributed by atoms with van der Waals surface area (Å²) in [5.41, 5.74) is 1.80. The van der Waals surface area contributed by atoms with Crippen LogP contribution in [-0.2, 0) is 0 Å². The average molecular weight is 418 g/mol. The van der Waals surface area contributed by atoms with Crippen LogP contribution in [0.2, 0.25) is 0 Å². The van der Waals surface area contributed by atoms with Crippen LogP contribution in [0.4, 0.5) is 14.6 Å². The number of anilines is 1. The number of fused-ring (bicyclic) bond motifs is 2. The molecule has 5 rings (SSSR count). The van der Waals surface area contributed by atoms with Crippen molar-refractivity contribution in [2.75, 3.05) is 5.32 Å². The number of imidazole rings is 1. The molecule has 0 amide bonds. The molecule has 0 radical (unpaired) electrons. The first-order valence-electron chi connectivity index (χ1n) is 9.53. The molecule has 0 aliphatic heterocycles. The molecule has 0 bridgehead atoms. The molecule has 31 heavy (non-hydrogen) atoms. The summed E-state index contributed by atoms with van der Waals surface area (Å²) in [6, 6.07) is 11.0. The number of aromatic amines is 1. The first-order chi connectivity index (χ1) is 15.0. The Bertz CT molecular complexity index is 1480. The molecule has 5 aromatic rings. The number of nitrogens with zero attached hydrogens (tertiary/aromatic N) is 4. The van der Waals surface area contributed by atoms with Crippen LogP contribution in [0.15, 0.2) is 66.0 Å². The Hall–Kier alpha value is -4.14. The molecule has 1 atom stereocenters. The molecule has 0 saturated heterocycles. The third kappa shape index (κ3) is 3.29. The summed E-state index contributed by atoms with van der Waals surface area (Å²) >= 11 is 0. The summed E-state index contributed by atoms with van der Waals surface area (Å²) in [4.78, 5) is 28.9. The van der Waals surface area contributed by atoms with Crippen LogP contribution in [0.3, 0.4) is 0 Å². The van der Waals surface area contributed by atoms with Gasteiger partial charge in [-0.1, -0.05) is 6.07 Å². The Balaban J connectivity index is 1.70. The molecule has 3 heterocycles. The molecule has 0 spiro atoms. The van der Waals surface area contributed by atoms with Crippen molar-refractivity contribution < 1.29 is 8.78 Å². The van der Waals surface area contributed by atoms with E-state index < -0.39 is 23.2 Å². The maximum Gasteiger partial charge on any atom is 0.263 e. The van der Waals surface area contributed by atoms with Gasteiger partial charge in [0.2, 0.25) is 0 Å². The number of aromatic nitrogens is 5. The maximum atomic E-state index is 13.8. The van der Waals surface area contributed by atoms with Gasteiger partial charge in [0, 0.05) is 11.4 Å². The van der Waals surface area contributed by atoms with Crippen LogP contribution in [0.25, 0.3) is 27.6 Å². The quantitative estimate of drug-likeness (QED) is 0.459. The van der Waals surface area contributed by atoms with Crippen molar-refractivity contribution in [3.63, 3.8) is 0 Å². The zero-order valence-corrected chi connectivity index (χ0v) is 16.3. The third-order valence-corrected chi connectivity index (χ3v) is 5.11. The van der Waals surface area contributed by atoms with E-state index in [4.69, 9.17) is 0 Å². The summed E-state index contributed by atoms with van der Waals surface area (Å²) in [6.07, 6.45) is 2.93. The normalized spacial score (nSPS) is 12.4. The van der Waals surface area contributed by atoms with Gasteiger partial charge in [-0.25, -0.2) is 23.7 Å². The Labute approximate surface area is 174 Å². The minimum atomic E-state index is -0.504. The molecular weight excluding hydrogens is 402 g/mol. The minimum Gasteiger partial charge on any atom is -0.360 e. The zero-order chi connectivity index (χ0) is 21.5. The summed E-state index contributed by atoms with van der Waals surface area (Å²) in [5.74, 6) is -0.426. The van der Waals surface area contributed by atoms with Crippen molar-refractivity contribution >= 4 is 27.8 Å². The lowest BCUT2D eigenvalue weighted by atomic mass is 10.1. The SMILES string of the molecule is C[C@@H](Nc1ncnc2[nH]cnc12)c1cc2ccc(F)cc2c(=O)n1-c1ccc(F)cc1. The number of hydrogen-bond donors (Lipinski definition) is 2. The van der Waals surface area contributed by atoms with Crippen LogP contribution < -0.4 is 10.9 Å². The number of rotatable bonds is 4. The maximum absolute atomic E-state index is 13.8. The second kappa shape index (κ2) is 7.28. The van der Waals surface area contributed by atoms with Crippen molar-refractivity contribution in [1.29, 1.82) is 0 Å². The lowest BCUT2D eigenvalue weighted by molar-refractivity contribution is 0.627. The smallest absolute Gasteiger partial charge is 0.263 e. The van der Waals surface area contributed by atoms with Crippen LogP contribution in [0.1, 0.15) is 18.7 Å². The van der Waals surface area contributed by atoms with Gasteiger partial charge in [0.25, 0.3) is 5.56 Å². The van der Waals surface area contributed by atoms with Crippen molar-refractivity contribution in [2.24, 2.45) is 0 Å². The minimum absolute atomic E-state index is 0.233. The summed E-state index contributed by atoms with van der Waals surface area (Å²) in [5, 5.41) is 4.10. The lowest BCUT2D eigenvalue weighted by Crippen LogP contribution is -2.25. The summed E-state index contributed by atoms with van der Waals surface area (Å²) < 4.78 is 28.8. The third-order valence-electron chi connectivity index (χ3n) is 5.11. The molecular formula is C22H16F2N6O. The van der Waals surface area contributed by atoms with Gasteiger partial charge in [0.05, 0.1) is 17.8 Å². The number of nitrogens with one attached hydrogen (secondary N) is 2. The number of halogens is 2. The Kier molecular flexibility index (Phi) is 4.43. The predicted molar refractivity (Wildman–Crippen MR) is 113 cm³/mol. The van der Waals surface area contributed by atoms with Gasteiger partial charge in [-0.15, -0.1) is 0 Å². The molecule has 3 aromatic heterocycles. The molecule has 2 N–H and O–H groups in total. The molecule has 9 heteroatoms.